The maximum atomic E-state index is 15.4. The maximum absolute atomic E-state index is 15.4. The fourth-order valence-corrected chi connectivity index (χ4v) is 3.93. The van der Waals surface area contributed by atoms with Crippen LogP contribution < -0.4 is 0 Å². The summed E-state index contributed by atoms with van der Waals surface area (Å²) >= 11 is 0. The van der Waals surface area contributed by atoms with Crippen LogP contribution in [-0.4, -0.2) is 28.5 Å². The van der Waals surface area contributed by atoms with Crippen LogP contribution in [0.15, 0.2) is 65.5 Å². The number of para-hydroxylation sites is 1. The topological polar surface area (TPSA) is 42.2 Å². The highest BCUT2D eigenvalue weighted by Crippen LogP contribution is 2.38. The maximum Gasteiger partial charge on any atom is 0.137 e. The van der Waals surface area contributed by atoms with Gasteiger partial charge in [-0.1, -0.05) is 24.3 Å². The third-order valence-electron chi connectivity index (χ3n) is 5.22. The molecule has 27 heavy (non-hydrogen) atoms. The highest BCUT2D eigenvalue weighted by molar-refractivity contribution is 5.78. The van der Waals surface area contributed by atoms with Gasteiger partial charge in [0.1, 0.15) is 23.5 Å². The molecule has 0 bridgehead atoms. The van der Waals surface area contributed by atoms with Crippen molar-refractivity contribution in [3.05, 3.63) is 83.8 Å². The Kier molecular flexibility index (Phi) is 3.76. The van der Waals surface area contributed by atoms with E-state index in [0.717, 1.165) is 28.8 Å². The zero-order valence-electron chi connectivity index (χ0n) is 14.9. The van der Waals surface area contributed by atoms with Crippen molar-refractivity contribution in [3.8, 4) is 11.3 Å². The molecule has 0 radical (unpaired) electrons. The van der Waals surface area contributed by atoms with Gasteiger partial charge in [-0.2, -0.15) is 0 Å². The third kappa shape index (κ3) is 2.71. The van der Waals surface area contributed by atoms with Gasteiger partial charge in [0.15, 0.2) is 0 Å². The molecule has 2 aromatic carbocycles. The first kappa shape index (κ1) is 16.1. The summed E-state index contributed by atoms with van der Waals surface area (Å²) in [4.78, 5) is 10.3. The van der Waals surface area contributed by atoms with E-state index in [1.54, 1.807) is 12.3 Å². The third-order valence-corrected chi connectivity index (χ3v) is 5.22. The minimum atomic E-state index is -0.209. The summed E-state index contributed by atoms with van der Waals surface area (Å²) in [7, 11) is 2.01. The van der Waals surface area contributed by atoms with Crippen molar-refractivity contribution in [2.75, 3.05) is 13.6 Å². The van der Waals surface area contributed by atoms with Crippen LogP contribution in [0.5, 0.6) is 0 Å². The molecule has 0 spiro atoms. The minimum absolute atomic E-state index is 0.0000919. The van der Waals surface area contributed by atoms with Crippen LogP contribution in [0.3, 0.4) is 0 Å². The average molecular weight is 359 g/mol. The molecule has 2 aromatic heterocycles. The molecule has 5 heteroatoms. The Balaban J connectivity index is 1.64. The predicted molar refractivity (Wildman–Crippen MR) is 102 cm³/mol. The summed E-state index contributed by atoms with van der Waals surface area (Å²) in [6.07, 6.45) is 3.07. The monoisotopic (exact) mass is 359 g/mol. The Bertz CT molecular complexity index is 1090. The van der Waals surface area contributed by atoms with E-state index in [4.69, 9.17) is 4.42 Å². The van der Waals surface area contributed by atoms with Gasteiger partial charge in [0.2, 0.25) is 0 Å². The number of nitrogens with zero attached hydrogens (tertiary/aromatic N) is 3. The number of likely N-dealkylation sites (N-methyl/N-ethyl adjacent to an activating group) is 1. The highest BCUT2D eigenvalue weighted by Gasteiger charge is 2.30. The van der Waals surface area contributed by atoms with Crippen LogP contribution in [0.1, 0.15) is 22.8 Å². The molecule has 0 saturated carbocycles. The van der Waals surface area contributed by atoms with E-state index in [1.165, 1.54) is 6.33 Å². The molecule has 4 nitrogen and oxygen atoms in total. The van der Waals surface area contributed by atoms with Gasteiger partial charge in [0.05, 0.1) is 11.6 Å². The highest BCUT2D eigenvalue weighted by atomic mass is 19.1. The Labute approximate surface area is 156 Å². The molecule has 0 fully saturated rings. The number of benzene rings is 2. The quantitative estimate of drug-likeness (QED) is 0.524. The summed E-state index contributed by atoms with van der Waals surface area (Å²) in [6, 6.07) is 15.6. The molecule has 1 unspecified atom stereocenters. The number of halogens is 1. The van der Waals surface area contributed by atoms with Gasteiger partial charge in [-0.25, -0.2) is 14.4 Å². The summed E-state index contributed by atoms with van der Waals surface area (Å²) in [5, 5.41) is 1.07. The molecular weight excluding hydrogens is 341 g/mol. The van der Waals surface area contributed by atoms with Crippen molar-refractivity contribution in [2.45, 2.75) is 12.5 Å². The lowest BCUT2D eigenvalue weighted by molar-refractivity contribution is 0.276. The van der Waals surface area contributed by atoms with E-state index in [2.05, 4.69) is 20.9 Å². The van der Waals surface area contributed by atoms with Crippen molar-refractivity contribution in [2.24, 2.45) is 0 Å². The molecule has 0 N–H and O–H groups in total. The molecule has 134 valence electrons. The standard InChI is InChI=1S/C22H18FN3O/c1-26-11-17(21-10-14-4-2-3-5-20(14)27-21)15-6-7-16(22(23)18(15)12-26)19-8-9-24-13-25-19/h2-10,13,17H,11-12H2,1H3. The van der Waals surface area contributed by atoms with E-state index in [9.17, 15) is 0 Å². The fraction of sp³-hybridized carbons (Fsp3) is 0.182. The molecule has 0 saturated heterocycles. The lowest BCUT2D eigenvalue weighted by Gasteiger charge is -2.32. The first-order valence-corrected chi connectivity index (χ1v) is 8.95. The van der Waals surface area contributed by atoms with Gasteiger partial charge in [-0.05, 0) is 36.9 Å². The molecule has 0 amide bonds. The largest absolute Gasteiger partial charge is 0.460 e. The zero-order valence-corrected chi connectivity index (χ0v) is 14.9. The number of hydrogen-bond acceptors (Lipinski definition) is 4. The lowest BCUT2D eigenvalue weighted by atomic mass is 9.86. The van der Waals surface area contributed by atoms with E-state index in [0.29, 0.717) is 23.4 Å². The smallest absolute Gasteiger partial charge is 0.137 e. The van der Waals surface area contributed by atoms with Gasteiger partial charge in [-0.3, -0.25) is 0 Å². The van der Waals surface area contributed by atoms with Crippen LogP contribution in [-0.2, 0) is 6.54 Å². The second-order valence-corrected chi connectivity index (χ2v) is 7.03. The summed E-state index contributed by atoms with van der Waals surface area (Å²) in [5.41, 5.74) is 3.67. The average Bonchev–Trinajstić information content (AvgIpc) is 3.13. The summed E-state index contributed by atoms with van der Waals surface area (Å²) < 4.78 is 21.5. The van der Waals surface area contributed by atoms with E-state index < -0.39 is 0 Å². The van der Waals surface area contributed by atoms with Gasteiger partial charge < -0.3 is 9.32 Å². The van der Waals surface area contributed by atoms with Crippen molar-refractivity contribution < 1.29 is 8.81 Å². The first-order chi connectivity index (χ1) is 13.2. The van der Waals surface area contributed by atoms with Gasteiger partial charge in [0, 0.05) is 35.8 Å². The number of rotatable bonds is 2. The molecule has 0 aliphatic carbocycles. The molecule has 1 aliphatic heterocycles. The Hall–Kier alpha value is -3.05. The normalized spacial score (nSPS) is 17.2. The molecule has 4 aromatic rings. The van der Waals surface area contributed by atoms with Crippen LogP contribution in [0.2, 0.25) is 0 Å². The van der Waals surface area contributed by atoms with Crippen molar-refractivity contribution in [1.29, 1.82) is 0 Å². The second-order valence-electron chi connectivity index (χ2n) is 7.03. The number of furan rings is 1. The second kappa shape index (κ2) is 6.28. The van der Waals surface area contributed by atoms with Crippen molar-refractivity contribution in [3.63, 3.8) is 0 Å². The van der Waals surface area contributed by atoms with Gasteiger partial charge in [0.25, 0.3) is 0 Å². The minimum Gasteiger partial charge on any atom is -0.460 e. The van der Waals surface area contributed by atoms with Crippen LogP contribution in [0.25, 0.3) is 22.2 Å². The van der Waals surface area contributed by atoms with Crippen LogP contribution in [0, 0.1) is 5.82 Å². The number of aromatic nitrogens is 2. The molecule has 1 atom stereocenters. The summed E-state index contributed by atoms with van der Waals surface area (Å²) in [6.45, 7) is 1.36. The Morgan fingerprint density at radius 2 is 2.04 bits per heavy atom. The molecular formula is C22H18FN3O. The van der Waals surface area contributed by atoms with Crippen molar-refractivity contribution in [1.82, 2.24) is 14.9 Å². The Morgan fingerprint density at radius 3 is 2.85 bits per heavy atom. The van der Waals surface area contributed by atoms with Crippen LogP contribution >= 0.6 is 0 Å². The Morgan fingerprint density at radius 1 is 1.15 bits per heavy atom. The number of hydrogen-bond donors (Lipinski definition) is 0. The van der Waals surface area contributed by atoms with Crippen molar-refractivity contribution >= 4 is 11.0 Å². The van der Waals surface area contributed by atoms with E-state index in [1.807, 2.05) is 43.4 Å². The van der Waals surface area contributed by atoms with Crippen LogP contribution in [0.4, 0.5) is 4.39 Å². The predicted octanol–water partition coefficient (Wildman–Crippen LogP) is 4.61. The van der Waals surface area contributed by atoms with Gasteiger partial charge in [-0.15, -0.1) is 0 Å². The SMILES string of the molecule is CN1Cc2c(ccc(-c3ccncn3)c2F)C(c2cc3ccccc3o2)C1. The molecule has 1 aliphatic rings. The first-order valence-electron chi connectivity index (χ1n) is 8.95. The number of fused-ring (bicyclic) bond motifs is 2. The lowest BCUT2D eigenvalue weighted by Crippen LogP contribution is -2.31. The van der Waals surface area contributed by atoms with E-state index >= 15 is 4.39 Å². The molecule has 3 heterocycles. The summed E-state index contributed by atoms with van der Waals surface area (Å²) in [5.74, 6) is 0.664. The van der Waals surface area contributed by atoms with Gasteiger partial charge >= 0.3 is 0 Å². The molecule has 5 rings (SSSR count). The zero-order chi connectivity index (χ0) is 18.4. The van der Waals surface area contributed by atoms with E-state index in [-0.39, 0.29) is 11.7 Å². The fourth-order valence-electron chi connectivity index (χ4n) is 3.93.